The molecular formula is C18H20ClNO. The molecule has 0 radical (unpaired) electrons. The number of hydrogen-bond donors (Lipinski definition) is 0. The molecule has 3 heteroatoms. The van der Waals surface area contributed by atoms with Crippen molar-refractivity contribution in [2.45, 2.75) is 18.4 Å². The summed E-state index contributed by atoms with van der Waals surface area (Å²) in [6.45, 7) is 0.922. The summed E-state index contributed by atoms with van der Waals surface area (Å²) in [5, 5.41) is 0.768. The zero-order valence-corrected chi connectivity index (χ0v) is 13.2. The number of fused-ring (bicyclic) bond motifs is 1. The van der Waals surface area contributed by atoms with Crippen LogP contribution in [-0.4, -0.2) is 31.6 Å². The molecular weight excluding hydrogens is 282 g/mol. The van der Waals surface area contributed by atoms with Crippen molar-refractivity contribution in [3.63, 3.8) is 0 Å². The van der Waals surface area contributed by atoms with Crippen LogP contribution in [0.25, 0.3) is 0 Å². The third-order valence-electron chi connectivity index (χ3n) is 3.91. The molecule has 110 valence electrons. The zero-order chi connectivity index (χ0) is 14.8. The molecule has 2 atom stereocenters. The Morgan fingerprint density at radius 1 is 1.14 bits per heavy atom. The molecule has 1 aliphatic heterocycles. The number of ether oxygens (including phenoxy) is 1. The maximum absolute atomic E-state index is 6.19. The van der Waals surface area contributed by atoms with Gasteiger partial charge in [-0.2, -0.15) is 0 Å². The topological polar surface area (TPSA) is 12.5 Å². The van der Waals surface area contributed by atoms with E-state index in [0.717, 1.165) is 23.7 Å². The van der Waals surface area contributed by atoms with Crippen LogP contribution in [0.3, 0.4) is 0 Å². The lowest BCUT2D eigenvalue weighted by Gasteiger charge is -2.34. The van der Waals surface area contributed by atoms with Crippen LogP contribution in [0, 0.1) is 0 Å². The van der Waals surface area contributed by atoms with Gasteiger partial charge in [-0.15, -0.1) is 0 Å². The summed E-state index contributed by atoms with van der Waals surface area (Å²) in [7, 11) is 4.16. The number of hydrogen-bond acceptors (Lipinski definition) is 2. The quantitative estimate of drug-likeness (QED) is 0.843. The van der Waals surface area contributed by atoms with Crippen molar-refractivity contribution in [1.82, 2.24) is 4.90 Å². The summed E-state index contributed by atoms with van der Waals surface area (Å²) in [6.07, 6.45) is 1.19. The van der Waals surface area contributed by atoms with E-state index < -0.39 is 0 Å². The van der Waals surface area contributed by atoms with E-state index in [0.29, 0.717) is 5.92 Å². The molecule has 0 saturated heterocycles. The van der Waals surface area contributed by atoms with Crippen LogP contribution in [-0.2, 0) is 0 Å². The Kier molecular flexibility index (Phi) is 4.18. The molecule has 2 aromatic carbocycles. The van der Waals surface area contributed by atoms with Gasteiger partial charge in [-0.25, -0.2) is 0 Å². The minimum Gasteiger partial charge on any atom is -0.489 e. The van der Waals surface area contributed by atoms with Crippen LogP contribution >= 0.6 is 11.6 Å². The van der Waals surface area contributed by atoms with Crippen molar-refractivity contribution in [2.24, 2.45) is 0 Å². The van der Waals surface area contributed by atoms with Crippen molar-refractivity contribution < 1.29 is 4.74 Å². The SMILES string of the molecule is CN(C)CC1CC(c2ccccc2)c2cc(Cl)ccc2O1. The highest BCUT2D eigenvalue weighted by atomic mass is 35.5. The Hall–Kier alpha value is -1.51. The van der Waals surface area contributed by atoms with Gasteiger partial charge >= 0.3 is 0 Å². The molecule has 21 heavy (non-hydrogen) atoms. The second-order valence-corrected chi connectivity index (χ2v) is 6.32. The van der Waals surface area contributed by atoms with Gasteiger partial charge in [-0.3, -0.25) is 0 Å². The Morgan fingerprint density at radius 2 is 1.90 bits per heavy atom. The van der Waals surface area contributed by atoms with Gasteiger partial charge in [-0.1, -0.05) is 41.9 Å². The predicted octanol–water partition coefficient (Wildman–Crippen LogP) is 4.18. The maximum atomic E-state index is 6.19. The van der Waals surface area contributed by atoms with E-state index >= 15 is 0 Å². The third kappa shape index (κ3) is 3.22. The molecule has 0 aromatic heterocycles. The van der Waals surface area contributed by atoms with Gasteiger partial charge in [0, 0.05) is 23.0 Å². The number of halogens is 1. The maximum Gasteiger partial charge on any atom is 0.123 e. The summed E-state index contributed by atoms with van der Waals surface area (Å²) in [5.41, 5.74) is 2.52. The number of benzene rings is 2. The average molecular weight is 302 g/mol. The highest BCUT2D eigenvalue weighted by molar-refractivity contribution is 6.30. The first kappa shape index (κ1) is 14.4. The molecule has 1 heterocycles. The van der Waals surface area contributed by atoms with Crippen molar-refractivity contribution in [2.75, 3.05) is 20.6 Å². The van der Waals surface area contributed by atoms with Crippen molar-refractivity contribution in [1.29, 1.82) is 0 Å². The lowest BCUT2D eigenvalue weighted by Crippen LogP contribution is -2.35. The Bertz CT molecular complexity index is 612. The molecule has 2 unspecified atom stereocenters. The Morgan fingerprint density at radius 3 is 2.62 bits per heavy atom. The molecule has 0 saturated carbocycles. The molecule has 0 N–H and O–H groups in total. The standard InChI is InChI=1S/C18H20ClNO/c1-20(2)12-15-11-16(13-6-4-3-5-7-13)17-10-14(19)8-9-18(17)21-15/h3-10,15-16H,11-12H2,1-2H3. The second-order valence-electron chi connectivity index (χ2n) is 5.88. The van der Waals surface area contributed by atoms with E-state index in [1.165, 1.54) is 11.1 Å². The fourth-order valence-electron chi connectivity index (χ4n) is 3.04. The van der Waals surface area contributed by atoms with Crippen molar-refractivity contribution in [3.05, 3.63) is 64.7 Å². The van der Waals surface area contributed by atoms with Crippen LogP contribution in [0.4, 0.5) is 0 Å². The van der Waals surface area contributed by atoms with Gasteiger partial charge in [0.05, 0.1) is 0 Å². The van der Waals surface area contributed by atoms with E-state index in [-0.39, 0.29) is 6.10 Å². The molecule has 0 bridgehead atoms. The summed E-state index contributed by atoms with van der Waals surface area (Å²) in [4.78, 5) is 2.17. The normalized spacial score (nSPS) is 21.0. The van der Waals surface area contributed by atoms with Gasteiger partial charge in [0.25, 0.3) is 0 Å². The van der Waals surface area contributed by atoms with Gasteiger partial charge in [0.1, 0.15) is 11.9 Å². The summed E-state index contributed by atoms with van der Waals surface area (Å²) >= 11 is 6.19. The molecule has 0 spiro atoms. The third-order valence-corrected chi connectivity index (χ3v) is 4.15. The predicted molar refractivity (Wildman–Crippen MR) is 87.3 cm³/mol. The molecule has 0 fully saturated rings. The number of nitrogens with zero attached hydrogens (tertiary/aromatic N) is 1. The smallest absolute Gasteiger partial charge is 0.123 e. The second kappa shape index (κ2) is 6.08. The fourth-order valence-corrected chi connectivity index (χ4v) is 3.22. The molecule has 2 aromatic rings. The minimum absolute atomic E-state index is 0.207. The summed E-state index contributed by atoms with van der Waals surface area (Å²) in [6, 6.07) is 16.6. The fraction of sp³-hybridized carbons (Fsp3) is 0.333. The Balaban J connectivity index is 1.99. The zero-order valence-electron chi connectivity index (χ0n) is 12.4. The van der Waals surface area contributed by atoms with E-state index in [1.807, 2.05) is 18.2 Å². The number of likely N-dealkylation sites (N-methyl/N-ethyl adjacent to an activating group) is 1. The largest absolute Gasteiger partial charge is 0.489 e. The van der Waals surface area contributed by atoms with Crippen LogP contribution in [0.1, 0.15) is 23.5 Å². The van der Waals surface area contributed by atoms with Gasteiger partial charge in [0.2, 0.25) is 0 Å². The lowest BCUT2D eigenvalue weighted by atomic mass is 9.84. The highest BCUT2D eigenvalue weighted by Crippen LogP contribution is 2.41. The average Bonchev–Trinajstić information content (AvgIpc) is 2.47. The monoisotopic (exact) mass is 301 g/mol. The Labute approximate surface area is 131 Å². The first-order valence-electron chi connectivity index (χ1n) is 7.29. The van der Waals surface area contributed by atoms with Crippen molar-refractivity contribution in [3.8, 4) is 5.75 Å². The first-order valence-corrected chi connectivity index (χ1v) is 7.67. The first-order chi connectivity index (χ1) is 10.1. The molecule has 0 aliphatic carbocycles. The van der Waals surface area contributed by atoms with Crippen LogP contribution < -0.4 is 4.74 Å². The van der Waals surface area contributed by atoms with E-state index in [4.69, 9.17) is 16.3 Å². The van der Waals surface area contributed by atoms with Crippen LogP contribution in [0.2, 0.25) is 5.02 Å². The van der Waals surface area contributed by atoms with Gasteiger partial charge in [-0.05, 0) is 44.3 Å². The van der Waals surface area contributed by atoms with Crippen molar-refractivity contribution >= 4 is 11.6 Å². The molecule has 3 rings (SSSR count). The van der Waals surface area contributed by atoms with Crippen LogP contribution in [0.5, 0.6) is 5.75 Å². The summed E-state index contributed by atoms with van der Waals surface area (Å²) in [5.74, 6) is 1.31. The highest BCUT2D eigenvalue weighted by Gasteiger charge is 2.29. The molecule has 2 nitrogen and oxygen atoms in total. The molecule has 0 amide bonds. The molecule has 1 aliphatic rings. The van der Waals surface area contributed by atoms with Crippen LogP contribution in [0.15, 0.2) is 48.5 Å². The van der Waals surface area contributed by atoms with E-state index in [2.05, 4.69) is 49.3 Å². The van der Waals surface area contributed by atoms with Gasteiger partial charge < -0.3 is 9.64 Å². The van der Waals surface area contributed by atoms with E-state index in [1.54, 1.807) is 0 Å². The van der Waals surface area contributed by atoms with E-state index in [9.17, 15) is 0 Å². The minimum atomic E-state index is 0.207. The number of rotatable bonds is 3. The summed E-state index contributed by atoms with van der Waals surface area (Å²) < 4.78 is 6.15. The lowest BCUT2D eigenvalue weighted by molar-refractivity contribution is 0.131. The van der Waals surface area contributed by atoms with Gasteiger partial charge in [0.15, 0.2) is 0 Å².